The summed E-state index contributed by atoms with van der Waals surface area (Å²) in [7, 11) is 0. The van der Waals surface area contributed by atoms with E-state index < -0.39 is 0 Å². The van der Waals surface area contributed by atoms with Gasteiger partial charge in [-0.25, -0.2) is 0 Å². The van der Waals surface area contributed by atoms with Gasteiger partial charge in [0, 0.05) is 17.4 Å². The normalized spacial score (nSPS) is 11.0. The van der Waals surface area contributed by atoms with Crippen LogP contribution in [-0.4, -0.2) is 9.78 Å². The Morgan fingerprint density at radius 1 is 1.38 bits per heavy atom. The summed E-state index contributed by atoms with van der Waals surface area (Å²) in [6, 6.07) is 8.16. The smallest absolute Gasteiger partial charge is 0.0659 e. The van der Waals surface area contributed by atoms with Crippen LogP contribution < -0.4 is 0 Å². The predicted octanol–water partition coefficient (Wildman–Crippen LogP) is 3.71. The molecule has 2 nitrogen and oxygen atoms in total. The topological polar surface area (TPSA) is 17.8 Å². The lowest BCUT2D eigenvalue weighted by Gasteiger charge is -2.10. The largest absolute Gasteiger partial charge is 0.268 e. The zero-order chi connectivity index (χ0) is 11.5. The predicted molar refractivity (Wildman–Crippen MR) is 66.9 cm³/mol. The van der Waals surface area contributed by atoms with Crippen LogP contribution in [-0.2, 0) is 6.54 Å². The highest BCUT2D eigenvalue weighted by Crippen LogP contribution is 2.25. The average Bonchev–Trinajstić information content (AvgIpc) is 2.70. The standard InChI is InChI=1S/C13H15ClN2/c1-10(2)12-5-4-11(8-13(12)14)9-16-7-3-6-15-16/h3-8,10H,9H2,1-2H3. The first-order valence-corrected chi connectivity index (χ1v) is 5.80. The Balaban J connectivity index is 2.21. The van der Waals surface area contributed by atoms with E-state index in [0.717, 1.165) is 11.6 Å². The number of rotatable bonds is 3. The first-order chi connectivity index (χ1) is 7.66. The van der Waals surface area contributed by atoms with Crippen LogP contribution in [0.5, 0.6) is 0 Å². The molecule has 84 valence electrons. The van der Waals surface area contributed by atoms with Crippen molar-refractivity contribution in [2.24, 2.45) is 0 Å². The van der Waals surface area contributed by atoms with Gasteiger partial charge in [-0.15, -0.1) is 0 Å². The van der Waals surface area contributed by atoms with E-state index in [0.29, 0.717) is 5.92 Å². The lowest BCUT2D eigenvalue weighted by Crippen LogP contribution is -2.00. The lowest BCUT2D eigenvalue weighted by atomic mass is 10.0. The second kappa shape index (κ2) is 4.71. The van der Waals surface area contributed by atoms with Crippen LogP contribution in [0.4, 0.5) is 0 Å². The monoisotopic (exact) mass is 234 g/mol. The van der Waals surface area contributed by atoms with E-state index in [1.807, 2.05) is 23.0 Å². The first kappa shape index (κ1) is 11.2. The van der Waals surface area contributed by atoms with Gasteiger partial charge in [-0.2, -0.15) is 5.10 Å². The second-order valence-electron chi connectivity index (χ2n) is 4.21. The Morgan fingerprint density at radius 3 is 2.75 bits per heavy atom. The van der Waals surface area contributed by atoms with Crippen molar-refractivity contribution in [1.82, 2.24) is 9.78 Å². The summed E-state index contributed by atoms with van der Waals surface area (Å²) in [6.07, 6.45) is 3.73. The molecule has 2 rings (SSSR count). The van der Waals surface area contributed by atoms with Crippen molar-refractivity contribution in [2.75, 3.05) is 0 Å². The zero-order valence-electron chi connectivity index (χ0n) is 9.52. The number of nitrogens with zero attached hydrogens (tertiary/aromatic N) is 2. The Hall–Kier alpha value is -1.28. The molecule has 0 aliphatic carbocycles. The van der Waals surface area contributed by atoms with Crippen molar-refractivity contribution in [3.05, 3.63) is 52.8 Å². The zero-order valence-corrected chi connectivity index (χ0v) is 10.3. The third kappa shape index (κ3) is 2.45. The quantitative estimate of drug-likeness (QED) is 0.792. The molecule has 1 heterocycles. The van der Waals surface area contributed by atoms with Crippen LogP contribution in [0.2, 0.25) is 5.02 Å². The molecule has 0 aliphatic heterocycles. The fourth-order valence-electron chi connectivity index (χ4n) is 1.72. The molecule has 0 radical (unpaired) electrons. The number of benzene rings is 1. The third-order valence-electron chi connectivity index (χ3n) is 2.59. The molecular formula is C13H15ClN2. The van der Waals surface area contributed by atoms with Crippen LogP contribution in [0, 0.1) is 0 Å². The highest BCUT2D eigenvalue weighted by atomic mass is 35.5. The van der Waals surface area contributed by atoms with E-state index in [9.17, 15) is 0 Å². The Bertz CT molecular complexity index is 461. The molecule has 0 spiro atoms. The molecule has 0 amide bonds. The highest BCUT2D eigenvalue weighted by Gasteiger charge is 2.05. The lowest BCUT2D eigenvalue weighted by molar-refractivity contribution is 0.686. The molecule has 0 aliphatic rings. The van der Waals surface area contributed by atoms with Crippen molar-refractivity contribution in [3.63, 3.8) is 0 Å². The van der Waals surface area contributed by atoms with E-state index >= 15 is 0 Å². The third-order valence-corrected chi connectivity index (χ3v) is 2.92. The molecule has 0 fully saturated rings. The molecule has 1 aromatic heterocycles. The second-order valence-corrected chi connectivity index (χ2v) is 4.62. The van der Waals surface area contributed by atoms with Crippen molar-refractivity contribution in [3.8, 4) is 0 Å². The van der Waals surface area contributed by atoms with Crippen molar-refractivity contribution >= 4 is 11.6 Å². The van der Waals surface area contributed by atoms with Gasteiger partial charge in [0.05, 0.1) is 6.54 Å². The van der Waals surface area contributed by atoms with Crippen molar-refractivity contribution in [2.45, 2.75) is 26.3 Å². The van der Waals surface area contributed by atoms with Gasteiger partial charge in [-0.05, 0) is 29.2 Å². The van der Waals surface area contributed by atoms with E-state index in [4.69, 9.17) is 11.6 Å². The van der Waals surface area contributed by atoms with E-state index in [1.165, 1.54) is 11.1 Å². The Labute approximate surface area is 101 Å². The summed E-state index contributed by atoms with van der Waals surface area (Å²) < 4.78 is 1.89. The summed E-state index contributed by atoms with van der Waals surface area (Å²) in [5.74, 6) is 0.464. The molecular weight excluding hydrogens is 220 g/mol. The van der Waals surface area contributed by atoms with E-state index in [1.54, 1.807) is 6.20 Å². The minimum Gasteiger partial charge on any atom is -0.268 e. The average molecular weight is 235 g/mol. The van der Waals surface area contributed by atoms with Crippen molar-refractivity contribution in [1.29, 1.82) is 0 Å². The summed E-state index contributed by atoms with van der Waals surface area (Å²) >= 11 is 6.23. The highest BCUT2D eigenvalue weighted by molar-refractivity contribution is 6.31. The van der Waals surface area contributed by atoms with Crippen LogP contribution in [0.25, 0.3) is 0 Å². The van der Waals surface area contributed by atoms with E-state index in [-0.39, 0.29) is 0 Å². The molecule has 0 N–H and O–H groups in total. The fraction of sp³-hybridized carbons (Fsp3) is 0.308. The van der Waals surface area contributed by atoms with Crippen LogP contribution in [0.1, 0.15) is 30.9 Å². The van der Waals surface area contributed by atoms with Gasteiger partial charge in [0.2, 0.25) is 0 Å². The summed E-state index contributed by atoms with van der Waals surface area (Å²) in [5.41, 5.74) is 2.38. The van der Waals surface area contributed by atoms with Gasteiger partial charge in [-0.3, -0.25) is 4.68 Å². The molecule has 0 bridgehead atoms. The number of hydrogen-bond acceptors (Lipinski definition) is 1. The first-order valence-electron chi connectivity index (χ1n) is 5.42. The number of aromatic nitrogens is 2. The van der Waals surface area contributed by atoms with E-state index in [2.05, 4.69) is 31.1 Å². The summed E-state index contributed by atoms with van der Waals surface area (Å²) in [6.45, 7) is 5.06. The van der Waals surface area contributed by atoms with Gasteiger partial charge >= 0.3 is 0 Å². The maximum atomic E-state index is 6.23. The SMILES string of the molecule is CC(C)c1ccc(Cn2cccn2)cc1Cl. The Kier molecular flexibility index (Phi) is 3.30. The minimum absolute atomic E-state index is 0.464. The molecule has 0 saturated heterocycles. The molecule has 3 heteroatoms. The number of halogens is 1. The molecule has 1 aromatic carbocycles. The Morgan fingerprint density at radius 2 is 2.19 bits per heavy atom. The van der Waals surface area contributed by atoms with Crippen LogP contribution in [0.15, 0.2) is 36.7 Å². The fourth-order valence-corrected chi connectivity index (χ4v) is 2.14. The molecule has 2 aromatic rings. The number of hydrogen-bond donors (Lipinski definition) is 0. The maximum absolute atomic E-state index is 6.23. The van der Waals surface area contributed by atoms with Crippen LogP contribution in [0.3, 0.4) is 0 Å². The summed E-state index contributed by atoms with van der Waals surface area (Å²) in [5, 5.41) is 5.02. The van der Waals surface area contributed by atoms with Gasteiger partial charge in [-0.1, -0.05) is 37.6 Å². The van der Waals surface area contributed by atoms with Gasteiger partial charge < -0.3 is 0 Å². The molecule has 0 unspecified atom stereocenters. The van der Waals surface area contributed by atoms with Gasteiger partial charge in [0.15, 0.2) is 0 Å². The molecule has 0 saturated carbocycles. The maximum Gasteiger partial charge on any atom is 0.0659 e. The van der Waals surface area contributed by atoms with Gasteiger partial charge in [0.25, 0.3) is 0 Å². The molecule has 0 atom stereocenters. The minimum atomic E-state index is 0.464. The summed E-state index contributed by atoms with van der Waals surface area (Å²) in [4.78, 5) is 0. The van der Waals surface area contributed by atoms with Crippen LogP contribution >= 0.6 is 11.6 Å². The van der Waals surface area contributed by atoms with Crippen molar-refractivity contribution < 1.29 is 0 Å². The molecule has 16 heavy (non-hydrogen) atoms. The van der Waals surface area contributed by atoms with Gasteiger partial charge in [0.1, 0.15) is 0 Å².